The Kier molecular flexibility index (Phi) is 2.70. The minimum absolute atomic E-state index is 0.283. The predicted molar refractivity (Wildman–Crippen MR) is 59.8 cm³/mol. The number of aliphatic hydroxyl groups is 1. The second-order valence-electron chi connectivity index (χ2n) is 4.74. The van der Waals surface area contributed by atoms with Gasteiger partial charge >= 0.3 is 0 Å². The Hall–Kier alpha value is -1.02. The monoisotopic (exact) mass is 206 g/mol. The van der Waals surface area contributed by atoms with Gasteiger partial charge < -0.3 is 10.2 Å². The third kappa shape index (κ3) is 2.15. The molecule has 0 amide bonds. The van der Waals surface area contributed by atoms with Crippen molar-refractivity contribution in [1.82, 2.24) is 0 Å². The summed E-state index contributed by atoms with van der Waals surface area (Å²) in [6.07, 6.45) is 3.84. The maximum absolute atomic E-state index is 10.4. The molecule has 0 bridgehead atoms. The minimum Gasteiger partial charge on any atom is -0.508 e. The number of hydrogen-bond donors (Lipinski definition) is 2. The SMILES string of the molecule is CC1CCCC1(O)Cc1ccc(O)cc1. The number of benzene rings is 1. The molecule has 0 radical (unpaired) electrons. The van der Waals surface area contributed by atoms with E-state index in [2.05, 4.69) is 6.92 Å². The van der Waals surface area contributed by atoms with Gasteiger partial charge in [-0.1, -0.05) is 25.5 Å². The van der Waals surface area contributed by atoms with E-state index in [0.717, 1.165) is 24.8 Å². The third-order valence-electron chi connectivity index (χ3n) is 3.61. The molecule has 2 atom stereocenters. The van der Waals surface area contributed by atoms with Gasteiger partial charge in [0.1, 0.15) is 5.75 Å². The van der Waals surface area contributed by atoms with Gasteiger partial charge in [0.15, 0.2) is 0 Å². The second kappa shape index (κ2) is 3.86. The Bertz CT molecular complexity index is 331. The molecular weight excluding hydrogens is 188 g/mol. The first-order valence-corrected chi connectivity index (χ1v) is 5.60. The van der Waals surface area contributed by atoms with Crippen molar-refractivity contribution >= 4 is 0 Å². The van der Waals surface area contributed by atoms with Gasteiger partial charge in [0.2, 0.25) is 0 Å². The van der Waals surface area contributed by atoms with E-state index in [1.54, 1.807) is 12.1 Å². The molecule has 0 spiro atoms. The van der Waals surface area contributed by atoms with Gasteiger partial charge in [0, 0.05) is 6.42 Å². The first-order chi connectivity index (χ1) is 7.10. The van der Waals surface area contributed by atoms with Crippen molar-refractivity contribution in [2.24, 2.45) is 5.92 Å². The lowest BCUT2D eigenvalue weighted by Gasteiger charge is -2.27. The van der Waals surface area contributed by atoms with E-state index in [1.165, 1.54) is 0 Å². The molecule has 1 aliphatic rings. The molecule has 15 heavy (non-hydrogen) atoms. The fourth-order valence-electron chi connectivity index (χ4n) is 2.46. The molecule has 1 fully saturated rings. The lowest BCUT2D eigenvalue weighted by atomic mass is 9.86. The molecule has 1 saturated carbocycles. The van der Waals surface area contributed by atoms with Crippen LogP contribution in [0.5, 0.6) is 5.75 Å². The molecule has 82 valence electrons. The Morgan fingerprint density at radius 2 is 2.00 bits per heavy atom. The summed E-state index contributed by atoms with van der Waals surface area (Å²) in [4.78, 5) is 0. The van der Waals surface area contributed by atoms with E-state index in [1.807, 2.05) is 12.1 Å². The molecule has 2 unspecified atom stereocenters. The van der Waals surface area contributed by atoms with Crippen LogP contribution in [0.4, 0.5) is 0 Å². The molecule has 0 aliphatic heterocycles. The van der Waals surface area contributed by atoms with E-state index >= 15 is 0 Å². The average molecular weight is 206 g/mol. The molecular formula is C13H18O2. The van der Waals surface area contributed by atoms with Crippen molar-refractivity contribution < 1.29 is 10.2 Å². The van der Waals surface area contributed by atoms with Crippen molar-refractivity contribution in [2.45, 2.75) is 38.2 Å². The van der Waals surface area contributed by atoms with Crippen molar-refractivity contribution in [2.75, 3.05) is 0 Å². The largest absolute Gasteiger partial charge is 0.508 e. The molecule has 1 aromatic carbocycles. The summed E-state index contributed by atoms with van der Waals surface area (Å²) in [6, 6.07) is 7.13. The van der Waals surface area contributed by atoms with Gasteiger partial charge in [-0.3, -0.25) is 0 Å². The highest BCUT2D eigenvalue weighted by Gasteiger charge is 2.37. The zero-order valence-electron chi connectivity index (χ0n) is 9.11. The number of aromatic hydroxyl groups is 1. The first kappa shape index (κ1) is 10.5. The molecule has 0 heterocycles. The van der Waals surface area contributed by atoms with E-state index in [9.17, 15) is 10.2 Å². The minimum atomic E-state index is -0.531. The van der Waals surface area contributed by atoms with Gasteiger partial charge in [-0.15, -0.1) is 0 Å². The highest BCUT2D eigenvalue weighted by atomic mass is 16.3. The summed E-state index contributed by atoms with van der Waals surface area (Å²) in [5.74, 6) is 0.663. The maximum atomic E-state index is 10.4. The Morgan fingerprint density at radius 1 is 1.33 bits per heavy atom. The zero-order valence-corrected chi connectivity index (χ0v) is 9.11. The number of phenolic OH excluding ortho intramolecular Hbond substituents is 1. The number of hydrogen-bond acceptors (Lipinski definition) is 2. The van der Waals surface area contributed by atoms with Crippen LogP contribution in [0.3, 0.4) is 0 Å². The standard InChI is InChI=1S/C13H18O2/c1-10-3-2-8-13(10,15)9-11-4-6-12(14)7-5-11/h4-7,10,14-15H,2-3,8-9H2,1H3. The summed E-state index contributed by atoms with van der Waals surface area (Å²) in [5.41, 5.74) is 0.570. The van der Waals surface area contributed by atoms with Gasteiger partial charge in [-0.2, -0.15) is 0 Å². The van der Waals surface area contributed by atoms with Crippen LogP contribution in [0.2, 0.25) is 0 Å². The smallest absolute Gasteiger partial charge is 0.115 e. The number of rotatable bonds is 2. The third-order valence-corrected chi connectivity index (χ3v) is 3.61. The molecule has 1 aliphatic carbocycles. The Balaban J connectivity index is 2.11. The van der Waals surface area contributed by atoms with Crippen LogP contribution in [0.15, 0.2) is 24.3 Å². The van der Waals surface area contributed by atoms with Gasteiger partial charge in [-0.05, 0) is 36.5 Å². The van der Waals surface area contributed by atoms with Crippen molar-refractivity contribution in [3.8, 4) is 5.75 Å². The second-order valence-corrected chi connectivity index (χ2v) is 4.74. The number of phenols is 1. The predicted octanol–water partition coefficient (Wildman–Crippen LogP) is 2.49. The van der Waals surface area contributed by atoms with Crippen LogP contribution in [0.25, 0.3) is 0 Å². The fraction of sp³-hybridized carbons (Fsp3) is 0.538. The lowest BCUT2D eigenvalue weighted by molar-refractivity contribution is 0.00958. The lowest BCUT2D eigenvalue weighted by Crippen LogP contribution is -2.33. The molecule has 2 rings (SSSR count). The summed E-state index contributed by atoms with van der Waals surface area (Å²) >= 11 is 0. The first-order valence-electron chi connectivity index (χ1n) is 5.60. The molecule has 0 saturated heterocycles. The quantitative estimate of drug-likeness (QED) is 0.780. The Labute approximate surface area is 90.6 Å². The highest BCUT2D eigenvalue weighted by Crippen LogP contribution is 2.37. The van der Waals surface area contributed by atoms with Crippen LogP contribution in [0, 0.1) is 5.92 Å². The van der Waals surface area contributed by atoms with Crippen LogP contribution in [-0.4, -0.2) is 15.8 Å². The van der Waals surface area contributed by atoms with Crippen LogP contribution >= 0.6 is 0 Å². The van der Waals surface area contributed by atoms with Crippen LogP contribution in [0.1, 0.15) is 31.7 Å². The molecule has 2 heteroatoms. The molecule has 0 aromatic heterocycles. The Morgan fingerprint density at radius 3 is 2.53 bits per heavy atom. The summed E-state index contributed by atoms with van der Waals surface area (Å²) in [5, 5.41) is 19.6. The molecule has 1 aromatic rings. The zero-order chi connectivity index (χ0) is 10.9. The van der Waals surface area contributed by atoms with Crippen molar-refractivity contribution in [1.29, 1.82) is 0 Å². The molecule has 2 nitrogen and oxygen atoms in total. The van der Waals surface area contributed by atoms with E-state index < -0.39 is 5.60 Å². The van der Waals surface area contributed by atoms with Crippen molar-refractivity contribution in [3.63, 3.8) is 0 Å². The average Bonchev–Trinajstić information content (AvgIpc) is 2.51. The highest BCUT2D eigenvalue weighted by molar-refractivity contribution is 5.27. The summed E-state index contributed by atoms with van der Waals surface area (Å²) in [7, 11) is 0. The van der Waals surface area contributed by atoms with Gasteiger partial charge in [0.25, 0.3) is 0 Å². The van der Waals surface area contributed by atoms with Crippen molar-refractivity contribution in [3.05, 3.63) is 29.8 Å². The topological polar surface area (TPSA) is 40.5 Å². The van der Waals surface area contributed by atoms with Crippen LogP contribution < -0.4 is 0 Å². The summed E-state index contributed by atoms with van der Waals surface area (Å²) < 4.78 is 0. The summed E-state index contributed by atoms with van der Waals surface area (Å²) in [6.45, 7) is 2.12. The van der Waals surface area contributed by atoms with Gasteiger partial charge in [-0.25, -0.2) is 0 Å². The maximum Gasteiger partial charge on any atom is 0.115 e. The van der Waals surface area contributed by atoms with E-state index in [4.69, 9.17) is 0 Å². The van der Waals surface area contributed by atoms with Crippen LogP contribution in [-0.2, 0) is 6.42 Å². The molecule has 2 N–H and O–H groups in total. The van der Waals surface area contributed by atoms with Gasteiger partial charge in [0.05, 0.1) is 5.60 Å². The van der Waals surface area contributed by atoms with E-state index in [-0.39, 0.29) is 5.75 Å². The normalized spacial score (nSPS) is 30.7. The van der Waals surface area contributed by atoms with E-state index in [0.29, 0.717) is 12.3 Å². The fourth-order valence-corrected chi connectivity index (χ4v) is 2.46.